The molecule has 7 heteroatoms. The van der Waals surface area contributed by atoms with E-state index in [1.165, 1.54) is 4.68 Å². The Morgan fingerprint density at radius 1 is 1.43 bits per heavy atom. The summed E-state index contributed by atoms with van der Waals surface area (Å²) in [6.45, 7) is 1.83. The first-order valence-corrected chi connectivity index (χ1v) is 6.41. The summed E-state index contributed by atoms with van der Waals surface area (Å²) in [6, 6.07) is 6.79. The third-order valence-corrected chi connectivity index (χ3v) is 3.10. The summed E-state index contributed by atoms with van der Waals surface area (Å²) < 4.78 is 6.79. The second kappa shape index (κ2) is 4.93. The Kier molecular flexibility index (Phi) is 3.09. The van der Waals surface area contributed by atoms with Gasteiger partial charge in [-0.2, -0.15) is 5.10 Å². The number of hydrogen-bond acceptors (Lipinski definition) is 4. The normalized spacial score (nSPS) is 13.1. The zero-order valence-electron chi connectivity index (χ0n) is 11.6. The molecule has 3 rings (SSSR count). The molecular formula is C14H14N4O3. The molecule has 21 heavy (non-hydrogen) atoms. The molecular weight excluding hydrogens is 272 g/mol. The van der Waals surface area contributed by atoms with Crippen molar-refractivity contribution in [2.75, 3.05) is 17.2 Å². The molecule has 0 spiro atoms. The molecule has 0 unspecified atom stereocenters. The highest BCUT2D eigenvalue weighted by molar-refractivity contribution is 6.04. The van der Waals surface area contributed by atoms with Gasteiger partial charge in [-0.3, -0.25) is 14.3 Å². The Morgan fingerprint density at radius 2 is 2.24 bits per heavy atom. The second-order valence-corrected chi connectivity index (χ2v) is 4.80. The standard InChI is InChI=1S/C14H14N4O3/c1-8-5-11(18(2)17-8)14(20)15-9-3-4-12-10(6-9)16-13(19)7-21-12/h3-6H,7H2,1-2H3,(H,15,20)(H,16,19). The lowest BCUT2D eigenvalue weighted by Crippen LogP contribution is -2.25. The number of aryl methyl sites for hydroxylation is 2. The SMILES string of the molecule is Cc1cc(C(=O)Nc2ccc3c(c2)NC(=O)CO3)n(C)n1. The molecule has 0 aliphatic carbocycles. The summed E-state index contributed by atoms with van der Waals surface area (Å²) in [6.07, 6.45) is 0. The van der Waals surface area contributed by atoms with Crippen molar-refractivity contribution < 1.29 is 14.3 Å². The first-order valence-electron chi connectivity index (χ1n) is 6.41. The zero-order chi connectivity index (χ0) is 15.0. The van der Waals surface area contributed by atoms with E-state index >= 15 is 0 Å². The molecule has 0 bridgehead atoms. The molecule has 1 aromatic heterocycles. The fourth-order valence-electron chi connectivity index (χ4n) is 2.18. The van der Waals surface area contributed by atoms with Gasteiger partial charge in [-0.1, -0.05) is 0 Å². The molecule has 7 nitrogen and oxygen atoms in total. The highest BCUT2D eigenvalue weighted by atomic mass is 16.5. The maximum Gasteiger partial charge on any atom is 0.273 e. The Morgan fingerprint density at radius 3 is 2.95 bits per heavy atom. The lowest BCUT2D eigenvalue weighted by molar-refractivity contribution is -0.118. The molecule has 1 aliphatic heterocycles. The number of carbonyl (C=O) groups is 2. The van der Waals surface area contributed by atoms with Gasteiger partial charge in [0.2, 0.25) is 0 Å². The van der Waals surface area contributed by atoms with Crippen molar-refractivity contribution in [2.45, 2.75) is 6.92 Å². The number of carbonyl (C=O) groups excluding carboxylic acids is 2. The number of nitrogens with one attached hydrogen (secondary N) is 2. The number of nitrogens with zero attached hydrogens (tertiary/aromatic N) is 2. The number of amides is 2. The number of benzene rings is 1. The van der Waals surface area contributed by atoms with E-state index in [0.717, 1.165) is 5.69 Å². The number of aromatic nitrogens is 2. The first-order chi connectivity index (χ1) is 10.0. The van der Waals surface area contributed by atoms with Crippen LogP contribution in [-0.2, 0) is 11.8 Å². The summed E-state index contributed by atoms with van der Waals surface area (Å²) >= 11 is 0. The van der Waals surface area contributed by atoms with Crippen LogP contribution in [0.5, 0.6) is 5.75 Å². The summed E-state index contributed by atoms with van der Waals surface area (Å²) in [5, 5.41) is 9.60. The summed E-state index contributed by atoms with van der Waals surface area (Å²) in [7, 11) is 1.71. The van der Waals surface area contributed by atoms with E-state index in [1.54, 1.807) is 31.3 Å². The highest BCUT2D eigenvalue weighted by Crippen LogP contribution is 2.30. The van der Waals surface area contributed by atoms with Gasteiger partial charge in [0.1, 0.15) is 11.4 Å². The van der Waals surface area contributed by atoms with Gasteiger partial charge >= 0.3 is 0 Å². The van der Waals surface area contributed by atoms with Crippen molar-refractivity contribution in [3.05, 3.63) is 35.7 Å². The molecule has 2 heterocycles. The van der Waals surface area contributed by atoms with Gasteiger partial charge in [-0.15, -0.1) is 0 Å². The third-order valence-electron chi connectivity index (χ3n) is 3.10. The predicted molar refractivity (Wildman–Crippen MR) is 76.5 cm³/mol. The average Bonchev–Trinajstić information content (AvgIpc) is 2.77. The fraction of sp³-hybridized carbons (Fsp3) is 0.214. The van der Waals surface area contributed by atoms with E-state index in [2.05, 4.69) is 15.7 Å². The lowest BCUT2D eigenvalue weighted by Gasteiger charge is -2.18. The van der Waals surface area contributed by atoms with Crippen molar-refractivity contribution >= 4 is 23.2 Å². The second-order valence-electron chi connectivity index (χ2n) is 4.80. The maximum absolute atomic E-state index is 12.2. The van der Waals surface area contributed by atoms with E-state index in [0.29, 0.717) is 22.8 Å². The lowest BCUT2D eigenvalue weighted by atomic mass is 10.2. The maximum atomic E-state index is 12.2. The van der Waals surface area contributed by atoms with Gasteiger partial charge in [0, 0.05) is 12.7 Å². The van der Waals surface area contributed by atoms with E-state index in [-0.39, 0.29) is 18.4 Å². The summed E-state index contributed by atoms with van der Waals surface area (Å²) in [4.78, 5) is 23.5. The first kappa shape index (κ1) is 13.2. The minimum atomic E-state index is -0.263. The number of hydrogen-bond donors (Lipinski definition) is 2. The van der Waals surface area contributed by atoms with Crippen LogP contribution < -0.4 is 15.4 Å². The molecule has 1 aromatic carbocycles. The minimum absolute atomic E-state index is 0.00695. The third kappa shape index (κ3) is 2.58. The topological polar surface area (TPSA) is 85.3 Å². The van der Waals surface area contributed by atoms with Crippen molar-refractivity contribution in [2.24, 2.45) is 7.05 Å². The predicted octanol–water partition coefficient (Wildman–Crippen LogP) is 1.31. The molecule has 0 saturated heterocycles. The largest absolute Gasteiger partial charge is 0.482 e. The van der Waals surface area contributed by atoms with Crippen LogP contribution >= 0.6 is 0 Å². The zero-order valence-corrected chi connectivity index (χ0v) is 11.6. The van der Waals surface area contributed by atoms with Crippen molar-refractivity contribution in [3.63, 3.8) is 0 Å². The molecule has 2 N–H and O–H groups in total. The Labute approximate surface area is 120 Å². The highest BCUT2D eigenvalue weighted by Gasteiger charge is 2.17. The van der Waals surface area contributed by atoms with Gasteiger partial charge in [-0.25, -0.2) is 0 Å². The van der Waals surface area contributed by atoms with Crippen LogP contribution in [0.25, 0.3) is 0 Å². The Balaban J connectivity index is 1.82. The van der Waals surface area contributed by atoms with Crippen LogP contribution in [-0.4, -0.2) is 28.2 Å². The Bertz CT molecular complexity index is 736. The van der Waals surface area contributed by atoms with Crippen LogP contribution in [0.15, 0.2) is 24.3 Å². The van der Waals surface area contributed by atoms with Crippen molar-refractivity contribution in [3.8, 4) is 5.75 Å². The summed E-state index contributed by atoms with van der Waals surface area (Å²) in [5.74, 6) is 0.110. The smallest absolute Gasteiger partial charge is 0.273 e. The van der Waals surface area contributed by atoms with Crippen LogP contribution in [0.4, 0.5) is 11.4 Å². The van der Waals surface area contributed by atoms with Crippen LogP contribution in [0.2, 0.25) is 0 Å². The monoisotopic (exact) mass is 286 g/mol. The van der Waals surface area contributed by atoms with Gasteiger partial charge in [0.15, 0.2) is 6.61 Å². The van der Waals surface area contributed by atoms with Crippen LogP contribution in [0, 0.1) is 6.92 Å². The number of fused-ring (bicyclic) bond motifs is 1. The van der Waals surface area contributed by atoms with Crippen molar-refractivity contribution in [1.29, 1.82) is 0 Å². The average molecular weight is 286 g/mol. The van der Waals surface area contributed by atoms with Crippen LogP contribution in [0.3, 0.4) is 0 Å². The number of rotatable bonds is 2. The van der Waals surface area contributed by atoms with E-state index in [4.69, 9.17) is 4.74 Å². The van der Waals surface area contributed by atoms with Crippen LogP contribution in [0.1, 0.15) is 16.2 Å². The van der Waals surface area contributed by atoms with Gasteiger partial charge < -0.3 is 15.4 Å². The molecule has 0 saturated carbocycles. The van der Waals surface area contributed by atoms with Gasteiger partial charge in [0.25, 0.3) is 11.8 Å². The molecule has 0 atom stereocenters. The molecule has 2 amide bonds. The van der Waals surface area contributed by atoms with E-state index in [1.807, 2.05) is 6.92 Å². The van der Waals surface area contributed by atoms with E-state index in [9.17, 15) is 9.59 Å². The number of ether oxygens (including phenoxy) is 1. The molecule has 108 valence electrons. The summed E-state index contributed by atoms with van der Waals surface area (Å²) in [5.41, 5.74) is 2.35. The molecule has 0 fully saturated rings. The van der Waals surface area contributed by atoms with E-state index < -0.39 is 0 Å². The van der Waals surface area contributed by atoms with Gasteiger partial charge in [0.05, 0.1) is 11.4 Å². The molecule has 0 radical (unpaired) electrons. The minimum Gasteiger partial charge on any atom is -0.482 e. The number of anilines is 2. The van der Waals surface area contributed by atoms with Crippen molar-refractivity contribution in [1.82, 2.24) is 9.78 Å². The van der Waals surface area contributed by atoms with Gasteiger partial charge in [-0.05, 0) is 31.2 Å². The Hall–Kier alpha value is -2.83. The fourth-order valence-corrected chi connectivity index (χ4v) is 2.18. The molecule has 1 aliphatic rings. The quantitative estimate of drug-likeness (QED) is 0.871. The molecule has 2 aromatic rings.